The van der Waals surface area contributed by atoms with Gasteiger partial charge in [-0.15, -0.1) is 24.0 Å². The molecule has 0 bridgehead atoms. The maximum atomic E-state index is 11.8. The van der Waals surface area contributed by atoms with E-state index in [0.29, 0.717) is 18.7 Å². The Morgan fingerprint density at radius 1 is 1.10 bits per heavy atom. The largest absolute Gasteiger partial charge is 0.497 e. The third-order valence-electron chi connectivity index (χ3n) is 4.35. The molecule has 7 nitrogen and oxygen atoms in total. The molecule has 1 unspecified atom stereocenters. The number of aliphatic imine (C=N–C) groups is 1. The quantitative estimate of drug-likeness (QED) is 0.245. The van der Waals surface area contributed by atoms with Gasteiger partial charge in [-0.05, 0) is 50.1 Å². The zero-order chi connectivity index (χ0) is 21.8. The van der Waals surface area contributed by atoms with Gasteiger partial charge in [-0.25, -0.2) is 4.99 Å². The van der Waals surface area contributed by atoms with Crippen molar-refractivity contribution in [2.75, 3.05) is 33.8 Å². The van der Waals surface area contributed by atoms with Crippen LogP contribution >= 0.6 is 24.0 Å². The number of halogens is 1. The van der Waals surface area contributed by atoms with Crippen LogP contribution in [0.4, 0.5) is 0 Å². The van der Waals surface area contributed by atoms with Crippen LogP contribution in [0.1, 0.15) is 29.8 Å². The molecule has 0 saturated heterocycles. The van der Waals surface area contributed by atoms with E-state index in [2.05, 4.69) is 20.9 Å². The molecule has 0 fully saturated rings. The molecule has 0 heterocycles. The maximum Gasteiger partial charge on any atom is 0.251 e. The van der Waals surface area contributed by atoms with Gasteiger partial charge in [-0.1, -0.05) is 18.2 Å². The number of nitrogens with zero attached hydrogens (tertiary/aromatic N) is 1. The van der Waals surface area contributed by atoms with Crippen LogP contribution in [0.5, 0.6) is 11.5 Å². The number of ether oxygens (including phenoxy) is 2. The summed E-state index contributed by atoms with van der Waals surface area (Å²) >= 11 is 0. The number of hydrogen-bond acceptors (Lipinski definition) is 4. The summed E-state index contributed by atoms with van der Waals surface area (Å²) in [7, 11) is 3.27. The van der Waals surface area contributed by atoms with Crippen molar-refractivity contribution in [3.8, 4) is 11.5 Å². The van der Waals surface area contributed by atoms with Crippen molar-refractivity contribution in [3.05, 3.63) is 59.7 Å². The molecule has 1 amide bonds. The van der Waals surface area contributed by atoms with Gasteiger partial charge in [0.1, 0.15) is 17.6 Å². The molecule has 0 aliphatic heterocycles. The second kappa shape index (κ2) is 14.5. The van der Waals surface area contributed by atoms with Crippen molar-refractivity contribution in [1.29, 1.82) is 0 Å². The van der Waals surface area contributed by atoms with E-state index < -0.39 is 0 Å². The number of rotatable bonds is 10. The Labute approximate surface area is 202 Å². The fourth-order valence-corrected chi connectivity index (χ4v) is 2.84. The normalized spacial score (nSPS) is 11.7. The lowest BCUT2D eigenvalue weighted by Crippen LogP contribution is -2.39. The van der Waals surface area contributed by atoms with E-state index in [-0.39, 0.29) is 36.0 Å². The highest BCUT2D eigenvalue weighted by Crippen LogP contribution is 2.19. The summed E-state index contributed by atoms with van der Waals surface area (Å²) in [6.07, 6.45) is 0.697. The fourth-order valence-electron chi connectivity index (χ4n) is 2.84. The first-order chi connectivity index (χ1) is 14.5. The first kappa shape index (κ1) is 26.5. The van der Waals surface area contributed by atoms with E-state index in [1.54, 1.807) is 14.2 Å². The fraction of sp³-hybridized carbons (Fsp3) is 0.391. The molecule has 0 spiro atoms. The molecule has 31 heavy (non-hydrogen) atoms. The molecule has 2 aromatic rings. The summed E-state index contributed by atoms with van der Waals surface area (Å²) in [6, 6.07) is 15.2. The van der Waals surface area contributed by atoms with Crippen LogP contribution in [-0.4, -0.2) is 51.8 Å². The van der Waals surface area contributed by atoms with Crippen LogP contribution in [0.25, 0.3) is 0 Å². The lowest BCUT2D eigenvalue weighted by atomic mass is 10.1. The Bertz CT molecular complexity index is 845. The molecular formula is C23H33IN4O3. The number of amides is 1. The van der Waals surface area contributed by atoms with E-state index in [9.17, 15) is 4.79 Å². The summed E-state index contributed by atoms with van der Waals surface area (Å²) in [6.45, 7) is 5.99. The summed E-state index contributed by atoms with van der Waals surface area (Å²) in [4.78, 5) is 16.4. The van der Waals surface area contributed by atoms with Gasteiger partial charge in [0.05, 0.1) is 13.7 Å². The Morgan fingerprint density at radius 3 is 2.55 bits per heavy atom. The van der Waals surface area contributed by atoms with E-state index in [4.69, 9.17) is 9.47 Å². The molecule has 0 aliphatic carbocycles. The minimum atomic E-state index is -0.0863. The van der Waals surface area contributed by atoms with Crippen LogP contribution in [0.15, 0.2) is 53.5 Å². The van der Waals surface area contributed by atoms with Crippen molar-refractivity contribution >= 4 is 35.8 Å². The van der Waals surface area contributed by atoms with E-state index in [0.717, 1.165) is 36.0 Å². The van der Waals surface area contributed by atoms with E-state index >= 15 is 0 Å². The average Bonchev–Trinajstić information content (AvgIpc) is 2.77. The molecule has 0 aromatic heterocycles. The monoisotopic (exact) mass is 540 g/mol. The predicted molar refractivity (Wildman–Crippen MR) is 136 cm³/mol. The summed E-state index contributed by atoms with van der Waals surface area (Å²) in [5.41, 5.74) is 1.76. The minimum Gasteiger partial charge on any atom is -0.497 e. The summed E-state index contributed by atoms with van der Waals surface area (Å²) < 4.78 is 11.1. The Kier molecular flexibility index (Phi) is 12.4. The van der Waals surface area contributed by atoms with Gasteiger partial charge in [-0.3, -0.25) is 4.79 Å². The second-order valence-electron chi connectivity index (χ2n) is 6.78. The lowest BCUT2D eigenvalue weighted by molar-refractivity contribution is 0.0963. The van der Waals surface area contributed by atoms with Crippen molar-refractivity contribution < 1.29 is 14.3 Å². The lowest BCUT2D eigenvalue weighted by Gasteiger charge is -2.15. The van der Waals surface area contributed by atoms with Crippen LogP contribution < -0.4 is 25.4 Å². The predicted octanol–water partition coefficient (Wildman–Crippen LogP) is 3.24. The van der Waals surface area contributed by atoms with E-state index in [1.807, 2.05) is 62.4 Å². The Hall–Kier alpha value is -2.49. The number of nitrogens with one attached hydrogen (secondary N) is 3. The highest BCUT2D eigenvalue weighted by atomic mass is 127. The first-order valence-corrected chi connectivity index (χ1v) is 10.2. The molecule has 0 radical (unpaired) electrons. The van der Waals surface area contributed by atoms with E-state index in [1.165, 1.54) is 0 Å². The topological polar surface area (TPSA) is 84.0 Å². The number of guanidine groups is 1. The Morgan fingerprint density at radius 2 is 1.84 bits per heavy atom. The standard InChI is InChI=1S/C23H32N4O3.HI/c1-5-25-23(26-13-12-18-8-6-9-19(14-18)22(28)24-3)27-16-17(2)30-21-11-7-10-20(15-21)29-4;/h6-11,14-15,17H,5,12-13,16H2,1-4H3,(H,24,28)(H2,25,26,27);1H. The van der Waals surface area contributed by atoms with Gasteiger partial charge in [0.15, 0.2) is 5.96 Å². The van der Waals surface area contributed by atoms with Gasteiger partial charge in [-0.2, -0.15) is 0 Å². The molecule has 0 aliphatic rings. The van der Waals surface area contributed by atoms with Crippen LogP contribution in [0.2, 0.25) is 0 Å². The van der Waals surface area contributed by atoms with Crippen LogP contribution in [0, 0.1) is 0 Å². The van der Waals surface area contributed by atoms with Crippen molar-refractivity contribution in [2.24, 2.45) is 4.99 Å². The van der Waals surface area contributed by atoms with Gasteiger partial charge in [0, 0.05) is 31.8 Å². The summed E-state index contributed by atoms with van der Waals surface area (Å²) in [5, 5.41) is 9.22. The number of methoxy groups -OCH3 is 1. The SMILES string of the molecule is CCNC(=NCC(C)Oc1cccc(OC)c1)NCCc1cccc(C(=O)NC)c1.I. The summed E-state index contributed by atoms with van der Waals surface area (Å²) in [5.74, 6) is 2.18. The van der Waals surface area contributed by atoms with Crippen molar-refractivity contribution in [3.63, 3.8) is 0 Å². The molecular weight excluding hydrogens is 507 g/mol. The third-order valence-corrected chi connectivity index (χ3v) is 4.35. The maximum absolute atomic E-state index is 11.8. The number of benzene rings is 2. The number of hydrogen-bond donors (Lipinski definition) is 3. The molecule has 1 atom stereocenters. The van der Waals surface area contributed by atoms with Gasteiger partial charge < -0.3 is 25.4 Å². The molecule has 170 valence electrons. The zero-order valence-corrected chi connectivity index (χ0v) is 20.9. The van der Waals surface area contributed by atoms with Crippen molar-refractivity contribution in [1.82, 2.24) is 16.0 Å². The molecule has 2 aromatic carbocycles. The van der Waals surface area contributed by atoms with Gasteiger partial charge >= 0.3 is 0 Å². The minimum absolute atomic E-state index is 0. The smallest absolute Gasteiger partial charge is 0.251 e. The molecule has 0 saturated carbocycles. The highest BCUT2D eigenvalue weighted by Gasteiger charge is 2.07. The van der Waals surface area contributed by atoms with Gasteiger partial charge in [0.2, 0.25) is 0 Å². The second-order valence-corrected chi connectivity index (χ2v) is 6.78. The van der Waals surface area contributed by atoms with Crippen LogP contribution in [0.3, 0.4) is 0 Å². The molecule has 8 heteroatoms. The average molecular weight is 540 g/mol. The molecule has 2 rings (SSSR count). The highest BCUT2D eigenvalue weighted by molar-refractivity contribution is 14.0. The first-order valence-electron chi connectivity index (χ1n) is 10.2. The van der Waals surface area contributed by atoms with Gasteiger partial charge in [0.25, 0.3) is 5.91 Å². The van der Waals surface area contributed by atoms with Crippen molar-refractivity contribution in [2.45, 2.75) is 26.4 Å². The Balaban J connectivity index is 0.00000480. The third kappa shape index (κ3) is 9.46. The number of carbonyl (C=O) groups is 1. The van der Waals surface area contributed by atoms with Crippen LogP contribution in [-0.2, 0) is 6.42 Å². The molecule has 3 N–H and O–H groups in total. The zero-order valence-electron chi connectivity index (χ0n) is 18.6. The number of carbonyl (C=O) groups excluding carboxylic acids is 1.